The predicted octanol–water partition coefficient (Wildman–Crippen LogP) is 4.53. The fourth-order valence-electron chi connectivity index (χ4n) is 2.37. The largest absolute Gasteiger partial charge is 0.294 e. The van der Waals surface area contributed by atoms with Crippen LogP contribution >= 0.6 is 0 Å². The first kappa shape index (κ1) is 13.5. The Morgan fingerprint density at radius 3 is 2.00 bits per heavy atom. The second-order valence-corrected chi connectivity index (χ2v) is 5.79. The fraction of sp³-hybridized carbons (Fsp3) is 0.278. The molecule has 0 heterocycles. The van der Waals surface area contributed by atoms with Crippen LogP contribution in [0.3, 0.4) is 0 Å². The molecule has 0 spiro atoms. The Morgan fingerprint density at radius 2 is 1.42 bits per heavy atom. The van der Waals surface area contributed by atoms with E-state index in [1.54, 1.807) is 0 Å². The van der Waals surface area contributed by atoms with Gasteiger partial charge in [-0.3, -0.25) is 4.79 Å². The van der Waals surface area contributed by atoms with Gasteiger partial charge in [0.25, 0.3) is 0 Å². The van der Waals surface area contributed by atoms with E-state index in [0.29, 0.717) is 6.42 Å². The first-order valence-electron chi connectivity index (χ1n) is 6.69. The smallest absolute Gasteiger partial charge is 0.163 e. The van der Waals surface area contributed by atoms with Crippen LogP contribution in [0, 0.1) is 5.41 Å². The average molecular weight is 252 g/mol. The van der Waals surface area contributed by atoms with Gasteiger partial charge in [0, 0.05) is 12.0 Å². The lowest BCUT2D eigenvalue weighted by Gasteiger charge is -2.24. The SMILES string of the molecule is CC(C)(CC(=O)c1ccccc1)Cc1ccccc1. The zero-order valence-corrected chi connectivity index (χ0v) is 11.6. The summed E-state index contributed by atoms with van der Waals surface area (Å²) >= 11 is 0. The van der Waals surface area contributed by atoms with E-state index in [4.69, 9.17) is 0 Å². The summed E-state index contributed by atoms with van der Waals surface area (Å²) in [6, 6.07) is 19.9. The van der Waals surface area contributed by atoms with E-state index in [9.17, 15) is 4.79 Å². The van der Waals surface area contributed by atoms with Crippen molar-refractivity contribution in [3.8, 4) is 0 Å². The number of carbonyl (C=O) groups is 1. The molecule has 0 saturated heterocycles. The molecule has 19 heavy (non-hydrogen) atoms. The molecule has 2 aromatic carbocycles. The van der Waals surface area contributed by atoms with E-state index in [1.165, 1.54) is 5.56 Å². The molecule has 0 atom stereocenters. The van der Waals surface area contributed by atoms with Gasteiger partial charge in [-0.1, -0.05) is 74.5 Å². The van der Waals surface area contributed by atoms with Gasteiger partial charge in [0.2, 0.25) is 0 Å². The Balaban J connectivity index is 2.03. The molecule has 0 amide bonds. The van der Waals surface area contributed by atoms with Crippen LogP contribution in [-0.2, 0) is 6.42 Å². The third-order valence-electron chi connectivity index (χ3n) is 3.26. The number of rotatable bonds is 5. The van der Waals surface area contributed by atoms with Crippen molar-refractivity contribution in [2.24, 2.45) is 5.41 Å². The van der Waals surface area contributed by atoms with Crippen molar-refractivity contribution < 1.29 is 4.79 Å². The Hall–Kier alpha value is -1.89. The molecule has 0 saturated carbocycles. The summed E-state index contributed by atoms with van der Waals surface area (Å²) < 4.78 is 0. The maximum absolute atomic E-state index is 12.3. The van der Waals surface area contributed by atoms with Crippen LogP contribution in [0.5, 0.6) is 0 Å². The second-order valence-electron chi connectivity index (χ2n) is 5.79. The van der Waals surface area contributed by atoms with Gasteiger partial charge < -0.3 is 0 Å². The molecule has 2 rings (SSSR count). The summed E-state index contributed by atoms with van der Waals surface area (Å²) in [5.74, 6) is 0.224. The summed E-state index contributed by atoms with van der Waals surface area (Å²) in [5, 5.41) is 0. The van der Waals surface area contributed by atoms with Gasteiger partial charge >= 0.3 is 0 Å². The number of carbonyl (C=O) groups excluding carboxylic acids is 1. The Bertz CT molecular complexity index is 526. The molecular weight excluding hydrogens is 232 g/mol. The van der Waals surface area contributed by atoms with E-state index in [-0.39, 0.29) is 11.2 Å². The topological polar surface area (TPSA) is 17.1 Å². The quantitative estimate of drug-likeness (QED) is 0.715. The molecule has 0 fully saturated rings. The van der Waals surface area contributed by atoms with Crippen molar-refractivity contribution >= 4 is 5.78 Å². The zero-order chi connectivity index (χ0) is 13.7. The molecule has 98 valence electrons. The summed E-state index contributed by atoms with van der Waals surface area (Å²) in [6.45, 7) is 4.31. The lowest BCUT2D eigenvalue weighted by atomic mass is 9.80. The van der Waals surface area contributed by atoms with Crippen molar-refractivity contribution in [3.05, 3.63) is 71.8 Å². The lowest BCUT2D eigenvalue weighted by molar-refractivity contribution is 0.0931. The number of hydrogen-bond acceptors (Lipinski definition) is 1. The normalized spacial score (nSPS) is 11.3. The van der Waals surface area contributed by atoms with Gasteiger partial charge in [0.1, 0.15) is 0 Å². The highest BCUT2D eigenvalue weighted by molar-refractivity contribution is 5.96. The minimum Gasteiger partial charge on any atom is -0.294 e. The predicted molar refractivity (Wildman–Crippen MR) is 79.3 cm³/mol. The van der Waals surface area contributed by atoms with Crippen molar-refractivity contribution in [2.75, 3.05) is 0 Å². The lowest BCUT2D eigenvalue weighted by Crippen LogP contribution is -2.20. The molecule has 0 aromatic heterocycles. The Labute approximate surface area is 115 Å². The highest BCUT2D eigenvalue weighted by Gasteiger charge is 2.23. The average Bonchev–Trinajstić information content (AvgIpc) is 2.39. The summed E-state index contributed by atoms with van der Waals surface area (Å²) in [4.78, 5) is 12.3. The number of hydrogen-bond donors (Lipinski definition) is 0. The second kappa shape index (κ2) is 5.83. The van der Waals surface area contributed by atoms with Crippen molar-refractivity contribution in [1.82, 2.24) is 0 Å². The third-order valence-corrected chi connectivity index (χ3v) is 3.26. The van der Waals surface area contributed by atoms with Crippen LogP contribution in [0.1, 0.15) is 36.2 Å². The molecule has 0 unspecified atom stereocenters. The third kappa shape index (κ3) is 4.06. The standard InChI is InChI=1S/C18H20O/c1-18(2,13-15-9-5-3-6-10-15)14-17(19)16-11-7-4-8-12-16/h3-12H,13-14H2,1-2H3. The molecule has 0 radical (unpaired) electrons. The Kier molecular flexibility index (Phi) is 4.16. The van der Waals surface area contributed by atoms with Crippen LogP contribution in [0.4, 0.5) is 0 Å². The van der Waals surface area contributed by atoms with Gasteiger partial charge in [0.15, 0.2) is 5.78 Å². The van der Waals surface area contributed by atoms with E-state index in [2.05, 4.69) is 26.0 Å². The molecule has 0 aliphatic rings. The molecular formula is C18H20O. The van der Waals surface area contributed by atoms with E-state index in [1.807, 2.05) is 48.5 Å². The van der Waals surface area contributed by atoms with Crippen molar-refractivity contribution in [3.63, 3.8) is 0 Å². The van der Waals surface area contributed by atoms with Crippen molar-refractivity contribution in [2.45, 2.75) is 26.7 Å². The molecule has 1 heteroatoms. The Morgan fingerprint density at radius 1 is 0.895 bits per heavy atom. The molecule has 2 aromatic rings. The minimum absolute atomic E-state index is 0.0196. The van der Waals surface area contributed by atoms with Gasteiger partial charge in [0.05, 0.1) is 0 Å². The highest BCUT2D eigenvalue weighted by Crippen LogP contribution is 2.27. The number of benzene rings is 2. The van der Waals surface area contributed by atoms with Crippen LogP contribution in [0.25, 0.3) is 0 Å². The maximum atomic E-state index is 12.3. The molecule has 0 aliphatic carbocycles. The van der Waals surface area contributed by atoms with Crippen molar-refractivity contribution in [1.29, 1.82) is 0 Å². The fourth-order valence-corrected chi connectivity index (χ4v) is 2.37. The van der Waals surface area contributed by atoms with Gasteiger partial charge in [-0.25, -0.2) is 0 Å². The van der Waals surface area contributed by atoms with E-state index >= 15 is 0 Å². The maximum Gasteiger partial charge on any atom is 0.163 e. The number of ketones is 1. The first-order chi connectivity index (χ1) is 9.07. The first-order valence-corrected chi connectivity index (χ1v) is 6.69. The molecule has 0 aliphatic heterocycles. The summed E-state index contributed by atoms with van der Waals surface area (Å²) in [7, 11) is 0. The minimum atomic E-state index is -0.0196. The highest BCUT2D eigenvalue weighted by atomic mass is 16.1. The van der Waals surface area contributed by atoms with Crippen LogP contribution in [0.2, 0.25) is 0 Å². The zero-order valence-electron chi connectivity index (χ0n) is 11.6. The van der Waals surface area contributed by atoms with E-state index < -0.39 is 0 Å². The van der Waals surface area contributed by atoms with Gasteiger partial charge in [-0.15, -0.1) is 0 Å². The van der Waals surface area contributed by atoms with Gasteiger partial charge in [-0.05, 0) is 17.4 Å². The molecule has 0 bridgehead atoms. The van der Waals surface area contributed by atoms with E-state index in [0.717, 1.165) is 12.0 Å². The summed E-state index contributed by atoms with van der Waals surface area (Å²) in [6.07, 6.45) is 1.50. The number of Topliss-reactive ketones (excluding diaryl/α,β-unsaturated/α-hetero) is 1. The van der Waals surface area contributed by atoms with Crippen LogP contribution < -0.4 is 0 Å². The molecule has 0 N–H and O–H groups in total. The molecule has 1 nitrogen and oxygen atoms in total. The van der Waals surface area contributed by atoms with Crippen LogP contribution in [-0.4, -0.2) is 5.78 Å². The van der Waals surface area contributed by atoms with Gasteiger partial charge in [-0.2, -0.15) is 0 Å². The monoisotopic (exact) mass is 252 g/mol. The summed E-state index contributed by atoms with van der Waals surface area (Å²) in [5.41, 5.74) is 2.07. The van der Waals surface area contributed by atoms with Crippen LogP contribution in [0.15, 0.2) is 60.7 Å².